The molecule has 2 heterocycles. The number of benzene rings is 2. The molecule has 104 valence electrons. The van der Waals surface area contributed by atoms with Gasteiger partial charge in [0.25, 0.3) is 0 Å². The van der Waals surface area contributed by atoms with Crippen molar-refractivity contribution in [3.05, 3.63) is 48.3 Å². The highest BCUT2D eigenvalue weighted by Crippen LogP contribution is 2.31. The molecule has 6 heteroatoms. The quantitative estimate of drug-likeness (QED) is 0.442. The van der Waals surface area contributed by atoms with Gasteiger partial charge in [0, 0.05) is 5.69 Å². The van der Waals surface area contributed by atoms with E-state index in [1.165, 1.54) is 4.70 Å². The molecule has 2 aromatic carbocycles. The van der Waals surface area contributed by atoms with Crippen LogP contribution in [0.15, 0.2) is 46.8 Å². The second-order valence-electron chi connectivity index (χ2n) is 4.70. The second-order valence-corrected chi connectivity index (χ2v) is 6.95. The molecule has 4 aromatic rings. The predicted molar refractivity (Wildman–Crippen MR) is 89.7 cm³/mol. The smallest absolute Gasteiger partial charge is 0.151 e. The fourth-order valence-electron chi connectivity index (χ4n) is 2.19. The summed E-state index contributed by atoms with van der Waals surface area (Å²) in [5, 5.41) is 0. The van der Waals surface area contributed by atoms with Gasteiger partial charge >= 0.3 is 0 Å². The van der Waals surface area contributed by atoms with Gasteiger partial charge in [-0.2, -0.15) is 0 Å². The maximum absolute atomic E-state index is 5.78. The molecule has 4 nitrogen and oxygen atoms in total. The summed E-state index contributed by atoms with van der Waals surface area (Å²) in [7, 11) is 0. The predicted octanol–water partition coefficient (Wildman–Crippen LogP) is 4.05. The van der Waals surface area contributed by atoms with Gasteiger partial charge in [-0.15, -0.1) is 11.3 Å². The number of H-pyrrole nitrogens is 1. The number of nitrogens with one attached hydrogen (secondary N) is 1. The number of hydrogen-bond acceptors (Lipinski definition) is 5. The Balaban J connectivity index is 1.57. The summed E-state index contributed by atoms with van der Waals surface area (Å²) in [6, 6.07) is 13.9. The van der Waals surface area contributed by atoms with Gasteiger partial charge in [-0.25, -0.2) is 9.97 Å². The van der Waals surface area contributed by atoms with E-state index in [1.807, 2.05) is 36.4 Å². The van der Waals surface area contributed by atoms with Crippen LogP contribution < -0.4 is 5.73 Å². The summed E-state index contributed by atoms with van der Waals surface area (Å²) < 4.78 is 2.29. The van der Waals surface area contributed by atoms with Crippen LogP contribution >= 0.6 is 23.1 Å². The van der Waals surface area contributed by atoms with E-state index in [9.17, 15) is 0 Å². The number of nitrogen functional groups attached to an aromatic ring is 1. The molecule has 0 aliphatic rings. The number of nitrogens with zero attached hydrogens (tertiary/aromatic N) is 2. The molecule has 0 amide bonds. The monoisotopic (exact) mass is 312 g/mol. The standard InChI is InChI=1S/C15H12N4S2/c16-9-5-6-10-12(7-9)18-14(17-10)8-20-15-19-11-3-1-2-4-13(11)21-15/h1-7H,8,16H2,(H,17,18). The van der Waals surface area contributed by atoms with Crippen LogP contribution in [0.1, 0.15) is 5.82 Å². The zero-order valence-electron chi connectivity index (χ0n) is 11.0. The molecular weight excluding hydrogens is 300 g/mol. The number of para-hydroxylation sites is 1. The minimum atomic E-state index is 0.747. The van der Waals surface area contributed by atoms with Crippen molar-refractivity contribution in [1.82, 2.24) is 15.0 Å². The van der Waals surface area contributed by atoms with Crippen LogP contribution in [0, 0.1) is 0 Å². The molecule has 0 saturated heterocycles. The third kappa shape index (κ3) is 2.48. The Labute approximate surface area is 129 Å². The summed E-state index contributed by atoms with van der Waals surface area (Å²) in [4.78, 5) is 12.5. The first-order valence-electron chi connectivity index (χ1n) is 6.50. The van der Waals surface area contributed by atoms with Gasteiger partial charge in [0.15, 0.2) is 4.34 Å². The third-order valence-electron chi connectivity index (χ3n) is 3.16. The van der Waals surface area contributed by atoms with Gasteiger partial charge < -0.3 is 10.7 Å². The van der Waals surface area contributed by atoms with Gasteiger partial charge in [0.05, 0.1) is 27.0 Å². The number of hydrogen-bond donors (Lipinski definition) is 2. The first-order valence-corrected chi connectivity index (χ1v) is 8.31. The molecule has 4 rings (SSSR count). The first-order chi connectivity index (χ1) is 10.3. The van der Waals surface area contributed by atoms with Crippen molar-refractivity contribution in [2.24, 2.45) is 0 Å². The van der Waals surface area contributed by atoms with Crippen LogP contribution in [-0.4, -0.2) is 15.0 Å². The summed E-state index contributed by atoms with van der Waals surface area (Å²) >= 11 is 3.42. The lowest BCUT2D eigenvalue weighted by Crippen LogP contribution is -1.83. The van der Waals surface area contributed by atoms with E-state index in [1.54, 1.807) is 23.1 Å². The van der Waals surface area contributed by atoms with Crippen molar-refractivity contribution >= 4 is 50.0 Å². The van der Waals surface area contributed by atoms with Crippen molar-refractivity contribution in [2.45, 2.75) is 10.1 Å². The van der Waals surface area contributed by atoms with Crippen molar-refractivity contribution < 1.29 is 0 Å². The lowest BCUT2D eigenvalue weighted by atomic mass is 10.3. The molecule has 2 aromatic heterocycles. The number of rotatable bonds is 3. The SMILES string of the molecule is Nc1ccc2nc(CSc3nc4ccccc4s3)[nH]c2c1. The van der Waals surface area contributed by atoms with Crippen LogP contribution in [-0.2, 0) is 5.75 Å². The Morgan fingerprint density at radius 2 is 2.00 bits per heavy atom. The Hall–Kier alpha value is -2.05. The normalized spacial score (nSPS) is 11.4. The van der Waals surface area contributed by atoms with Crippen molar-refractivity contribution in [3.63, 3.8) is 0 Å². The second kappa shape index (κ2) is 5.05. The molecule has 0 aliphatic carbocycles. The molecule has 0 spiro atoms. The Bertz CT molecular complexity index is 893. The highest BCUT2D eigenvalue weighted by molar-refractivity contribution is 8.00. The van der Waals surface area contributed by atoms with Crippen molar-refractivity contribution in [3.8, 4) is 0 Å². The number of thiazole rings is 1. The number of imidazole rings is 1. The van der Waals surface area contributed by atoms with Crippen LogP contribution in [0.5, 0.6) is 0 Å². The highest BCUT2D eigenvalue weighted by atomic mass is 32.2. The topological polar surface area (TPSA) is 67.6 Å². The summed E-state index contributed by atoms with van der Waals surface area (Å²) in [6.07, 6.45) is 0. The van der Waals surface area contributed by atoms with Gasteiger partial charge in [-0.3, -0.25) is 0 Å². The highest BCUT2D eigenvalue weighted by Gasteiger charge is 2.07. The average Bonchev–Trinajstić information content (AvgIpc) is 3.07. The van der Waals surface area contributed by atoms with E-state index in [0.717, 1.165) is 38.2 Å². The van der Waals surface area contributed by atoms with E-state index < -0.39 is 0 Å². The lowest BCUT2D eigenvalue weighted by Gasteiger charge is -1.92. The number of aromatic nitrogens is 3. The van der Waals surface area contributed by atoms with Crippen molar-refractivity contribution in [1.29, 1.82) is 0 Å². The van der Waals surface area contributed by atoms with Crippen molar-refractivity contribution in [2.75, 3.05) is 5.73 Å². The molecule has 0 saturated carbocycles. The van der Waals surface area contributed by atoms with Crippen LogP contribution in [0.3, 0.4) is 0 Å². The number of nitrogens with two attached hydrogens (primary N) is 1. The molecule has 0 aliphatic heterocycles. The third-order valence-corrected chi connectivity index (χ3v) is 5.35. The average molecular weight is 312 g/mol. The molecular formula is C15H12N4S2. The summed E-state index contributed by atoms with van der Waals surface area (Å²) in [5.41, 5.74) is 9.51. The zero-order valence-corrected chi connectivity index (χ0v) is 12.7. The lowest BCUT2D eigenvalue weighted by molar-refractivity contribution is 1.14. The van der Waals surface area contributed by atoms with Crippen LogP contribution in [0.2, 0.25) is 0 Å². The fourth-order valence-corrected chi connectivity index (χ4v) is 4.13. The van der Waals surface area contributed by atoms with Gasteiger partial charge in [-0.1, -0.05) is 23.9 Å². The minimum absolute atomic E-state index is 0.747. The summed E-state index contributed by atoms with van der Waals surface area (Å²) in [5.74, 6) is 1.72. The molecule has 0 unspecified atom stereocenters. The van der Waals surface area contributed by atoms with Gasteiger partial charge in [0.2, 0.25) is 0 Å². The molecule has 21 heavy (non-hydrogen) atoms. The number of anilines is 1. The first kappa shape index (κ1) is 12.7. The molecule has 0 radical (unpaired) electrons. The number of fused-ring (bicyclic) bond motifs is 2. The van der Waals surface area contributed by atoms with E-state index in [-0.39, 0.29) is 0 Å². The Morgan fingerprint density at radius 3 is 2.90 bits per heavy atom. The van der Waals surface area contributed by atoms with Gasteiger partial charge in [0.1, 0.15) is 5.82 Å². The van der Waals surface area contributed by atoms with E-state index in [2.05, 4.69) is 21.0 Å². The zero-order chi connectivity index (χ0) is 14.2. The van der Waals surface area contributed by atoms with Crippen LogP contribution in [0.4, 0.5) is 5.69 Å². The van der Waals surface area contributed by atoms with E-state index >= 15 is 0 Å². The largest absolute Gasteiger partial charge is 0.399 e. The molecule has 0 atom stereocenters. The summed E-state index contributed by atoms with van der Waals surface area (Å²) in [6.45, 7) is 0. The van der Waals surface area contributed by atoms with Crippen LogP contribution in [0.25, 0.3) is 21.3 Å². The maximum atomic E-state index is 5.78. The fraction of sp³-hybridized carbons (Fsp3) is 0.0667. The maximum Gasteiger partial charge on any atom is 0.151 e. The van der Waals surface area contributed by atoms with E-state index in [0.29, 0.717) is 0 Å². The Kier molecular flexibility index (Phi) is 3.05. The molecule has 3 N–H and O–H groups in total. The molecule has 0 fully saturated rings. The number of aromatic amines is 1. The minimum Gasteiger partial charge on any atom is -0.399 e. The molecule has 0 bridgehead atoms. The Morgan fingerprint density at radius 1 is 1.10 bits per heavy atom. The number of thioether (sulfide) groups is 1. The van der Waals surface area contributed by atoms with E-state index in [4.69, 9.17) is 5.73 Å². The van der Waals surface area contributed by atoms with Gasteiger partial charge in [-0.05, 0) is 30.3 Å².